The summed E-state index contributed by atoms with van der Waals surface area (Å²) in [6.07, 6.45) is -0.664. The Balaban J connectivity index is 0.00000169. The molecule has 1 rings (SSSR count). The molecule has 0 aliphatic heterocycles. The molecule has 0 spiro atoms. The van der Waals surface area contributed by atoms with Crippen LogP contribution in [0.4, 0.5) is 8.78 Å². The molecule has 1 aromatic rings. The van der Waals surface area contributed by atoms with Crippen LogP contribution in [0.3, 0.4) is 0 Å². The first-order valence-corrected chi connectivity index (χ1v) is 3.95. The second kappa shape index (κ2) is 5.90. The smallest absolute Gasteiger partial charge is 0.129 e. The minimum absolute atomic E-state index is 0. The predicted octanol–water partition coefficient (Wildman–Crippen LogP) is 1.25. The first kappa shape index (κ1) is 13.3. The Morgan fingerprint density at radius 3 is 2.50 bits per heavy atom. The third kappa shape index (κ3) is 3.57. The summed E-state index contributed by atoms with van der Waals surface area (Å²) < 4.78 is 25.4. The van der Waals surface area contributed by atoms with E-state index >= 15 is 0 Å². The lowest BCUT2D eigenvalue weighted by atomic mass is 10.1. The molecule has 0 aliphatic carbocycles. The molecule has 0 saturated carbocycles. The maximum Gasteiger partial charge on any atom is 0.129 e. The van der Waals surface area contributed by atoms with Crippen molar-refractivity contribution < 1.29 is 13.9 Å². The zero-order valence-electron chi connectivity index (χ0n) is 7.41. The Bertz CT molecular complexity index is 296. The summed E-state index contributed by atoms with van der Waals surface area (Å²) in [6.45, 7) is 0.0663. The van der Waals surface area contributed by atoms with Crippen LogP contribution in [0, 0.1) is 11.6 Å². The monoisotopic (exact) mass is 223 g/mol. The number of hydrogen-bond acceptors (Lipinski definition) is 2. The van der Waals surface area contributed by atoms with Crippen molar-refractivity contribution in [3.8, 4) is 0 Å². The van der Waals surface area contributed by atoms with Gasteiger partial charge in [-0.2, -0.15) is 0 Å². The van der Waals surface area contributed by atoms with E-state index in [-0.39, 0.29) is 30.9 Å². The van der Waals surface area contributed by atoms with Gasteiger partial charge in [0, 0.05) is 19.0 Å². The summed E-state index contributed by atoms with van der Waals surface area (Å²) >= 11 is 0. The van der Waals surface area contributed by atoms with E-state index in [4.69, 9.17) is 10.8 Å². The van der Waals surface area contributed by atoms with E-state index in [1.165, 1.54) is 6.07 Å². The average Bonchev–Trinajstić information content (AvgIpc) is 2.09. The van der Waals surface area contributed by atoms with E-state index in [9.17, 15) is 8.78 Å². The number of aliphatic hydroxyl groups excluding tert-OH is 1. The fourth-order valence-corrected chi connectivity index (χ4v) is 1.02. The van der Waals surface area contributed by atoms with Crippen LogP contribution in [0.2, 0.25) is 0 Å². The van der Waals surface area contributed by atoms with Gasteiger partial charge in [-0.3, -0.25) is 0 Å². The van der Waals surface area contributed by atoms with E-state index in [0.717, 1.165) is 12.1 Å². The number of nitrogens with two attached hydrogens (primary N) is 1. The lowest BCUT2D eigenvalue weighted by molar-refractivity contribution is 0.182. The van der Waals surface area contributed by atoms with E-state index < -0.39 is 17.7 Å². The van der Waals surface area contributed by atoms with Gasteiger partial charge < -0.3 is 10.8 Å². The average molecular weight is 224 g/mol. The second-order valence-corrected chi connectivity index (χ2v) is 2.83. The van der Waals surface area contributed by atoms with Crippen molar-refractivity contribution in [2.45, 2.75) is 12.5 Å². The van der Waals surface area contributed by atoms with Gasteiger partial charge in [0.1, 0.15) is 11.6 Å². The molecule has 3 N–H and O–H groups in total. The normalized spacial score (nSPS) is 12.0. The molecule has 0 heterocycles. The molecular weight excluding hydrogens is 212 g/mol. The molecular formula is C9H12ClF2NO. The Labute approximate surface area is 87.1 Å². The number of aliphatic hydroxyl groups is 1. The first-order valence-electron chi connectivity index (χ1n) is 3.95. The second-order valence-electron chi connectivity index (χ2n) is 2.83. The Morgan fingerprint density at radius 2 is 2.00 bits per heavy atom. The fourth-order valence-electron chi connectivity index (χ4n) is 1.02. The third-order valence-corrected chi connectivity index (χ3v) is 1.74. The van der Waals surface area contributed by atoms with Gasteiger partial charge in [-0.1, -0.05) is 6.07 Å². The van der Waals surface area contributed by atoms with Gasteiger partial charge in [0.15, 0.2) is 0 Å². The lowest BCUT2D eigenvalue weighted by Crippen LogP contribution is -2.22. The van der Waals surface area contributed by atoms with Crippen molar-refractivity contribution in [1.29, 1.82) is 0 Å². The van der Waals surface area contributed by atoms with Crippen LogP contribution in [-0.2, 0) is 6.42 Å². The molecule has 0 aliphatic rings. The highest BCUT2D eigenvalue weighted by molar-refractivity contribution is 5.85. The SMILES string of the molecule is Cl.NCC(O)Cc1ccc(F)cc1F. The molecule has 0 aromatic heterocycles. The maximum absolute atomic E-state index is 13.0. The number of rotatable bonds is 3. The summed E-state index contributed by atoms with van der Waals surface area (Å²) in [7, 11) is 0. The van der Waals surface area contributed by atoms with E-state index in [1.54, 1.807) is 0 Å². The molecule has 1 unspecified atom stereocenters. The molecule has 80 valence electrons. The third-order valence-electron chi connectivity index (χ3n) is 1.74. The van der Waals surface area contributed by atoms with Gasteiger partial charge in [-0.15, -0.1) is 12.4 Å². The van der Waals surface area contributed by atoms with Gasteiger partial charge >= 0.3 is 0 Å². The minimum Gasteiger partial charge on any atom is -0.391 e. The minimum atomic E-state index is -0.778. The van der Waals surface area contributed by atoms with Crippen molar-refractivity contribution in [1.82, 2.24) is 0 Å². The van der Waals surface area contributed by atoms with Gasteiger partial charge in [0.05, 0.1) is 6.10 Å². The van der Waals surface area contributed by atoms with E-state index in [0.29, 0.717) is 0 Å². The topological polar surface area (TPSA) is 46.2 Å². The fraction of sp³-hybridized carbons (Fsp3) is 0.333. The van der Waals surface area contributed by atoms with Crippen molar-refractivity contribution >= 4 is 12.4 Å². The highest BCUT2D eigenvalue weighted by Gasteiger charge is 2.08. The zero-order chi connectivity index (χ0) is 9.84. The van der Waals surface area contributed by atoms with Crippen molar-refractivity contribution in [2.24, 2.45) is 5.73 Å². The first-order chi connectivity index (χ1) is 6.13. The quantitative estimate of drug-likeness (QED) is 0.810. The zero-order valence-corrected chi connectivity index (χ0v) is 8.23. The summed E-state index contributed by atoms with van der Waals surface area (Å²) in [5, 5.41) is 9.12. The summed E-state index contributed by atoms with van der Waals surface area (Å²) in [5.74, 6) is -1.27. The number of hydrogen-bond donors (Lipinski definition) is 2. The molecule has 1 aromatic carbocycles. The molecule has 0 radical (unpaired) electrons. The molecule has 0 saturated heterocycles. The van der Waals surface area contributed by atoms with Crippen LogP contribution in [0.5, 0.6) is 0 Å². The number of benzene rings is 1. The molecule has 5 heteroatoms. The van der Waals surface area contributed by atoms with Crippen LogP contribution in [0.1, 0.15) is 5.56 Å². The Kier molecular flexibility index (Phi) is 5.60. The lowest BCUT2D eigenvalue weighted by Gasteiger charge is -2.07. The van der Waals surface area contributed by atoms with Gasteiger partial charge in [-0.25, -0.2) is 8.78 Å². The van der Waals surface area contributed by atoms with E-state index in [1.807, 2.05) is 0 Å². The molecule has 0 amide bonds. The van der Waals surface area contributed by atoms with Gasteiger partial charge in [0.25, 0.3) is 0 Å². The van der Waals surface area contributed by atoms with Crippen LogP contribution in [0.15, 0.2) is 18.2 Å². The standard InChI is InChI=1S/C9H11F2NO.ClH/c10-7-2-1-6(9(11)4-7)3-8(13)5-12;/h1-2,4,8,13H,3,5,12H2;1H. The molecule has 0 fully saturated rings. The highest BCUT2D eigenvalue weighted by Crippen LogP contribution is 2.11. The highest BCUT2D eigenvalue weighted by atomic mass is 35.5. The Hall–Kier alpha value is -0.710. The predicted molar refractivity (Wildman–Crippen MR) is 52.4 cm³/mol. The molecule has 2 nitrogen and oxygen atoms in total. The van der Waals surface area contributed by atoms with Crippen LogP contribution in [0.25, 0.3) is 0 Å². The van der Waals surface area contributed by atoms with Crippen LogP contribution >= 0.6 is 12.4 Å². The molecule has 14 heavy (non-hydrogen) atoms. The van der Waals surface area contributed by atoms with Gasteiger partial charge in [-0.05, 0) is 11.6 Å². The van der Waals surface area contributed by atoms with Crippen molar-refractivity contribution in [3.63, 3.8) is 0 Å². The maximum atomic E-state index is 13.0. The molecule has 1 atom stereocenters. The molecule has 0 bridgehead atoms. The number of halogens is 3. The van der Waals surface area contributed by atoms with Crippen LogP contribution < -0.4 is 5.73 Å². The summed E-state index contributed by atoms with van der Waals surface area (Å²) in [5.41, 5.74) is 5.43. The summed E-state index contributed by atoms with van der Waals surface area (Å²) in [6, 6.07) is 3.25. The summed E-state index contributed by atoms with van der Waals surface area (Å²) in [4.78, 5) is 0. The van der Waals surface area contributed by atoms with Crippen molar-refractivity contribution in [3.05, 3.63) is 35.4 Å². The van der Waals surface area contributed by atoms with Crippen molar-refractivity contribution in [2.75, 3.05) is 6.54 Å². The van der Waals surface area contributed by atoms with Gasteiger partial charge in [0.2, 0.25) is 0 Å². The van der Waals surface area contributed by atoms with Crippen LogP contribution in [-0.4, -0.2) is 17.8 Å². The van der Waals surface area contributed by atoms with E-state index in [2.05, 4.69) is 0 Å². The largest absolute Gasteiger partial charge is 0.391 e. The Morgan fingerprint density at radius 1 is 1.36 bits per heavy atom.